The third-order valence-corrected chi connectivity index (χ3v) is 5.32. The molecule has 1 aromatic heterocycles. The van der Waals surface area contributed by atoms with Gasteiger partial charge in [0.05, 0.1) is 30.3 Å². The highest BCUT2D eigenvalue weighted by molar-refractivity contribution is 6.21. The first kappa shape index (κ1) is 20.8. The first-order chi connectivity index (χ1) is 15.5. The van der Waals surface area contributed by atoms with Crippen LogP contribution < -0.4 is 10.9 Å². The summed E-state index contributed by atoms with van der Waals surface area (Å²) in [6.07, 6.45) is 6.72. The number of fused-ring (bicyclic) bond motifs is 1. The van der Waals surface area contributed by atoms with Crippen LogP contribution in [0.25, 0.3) is 0 Å². The van der Waals surface area contributed by atoms with E-state index in [0.29, 0.717) is 16.7 Å². The fourth-order valence-electron chi connectivity index (χ4n) is 3.76. The minimum atomic E-state index is -0.689. The minimum absolute atomic E-state index is 0.00960. The van der Waals surface area contributed by atoms with E-state index in [4.69, 9.17) is 6.42 Å². The van der Waals surface area contributed by atoms with Gasteiger partial charge >= 0.3 is 0 Å². The van der Waals surface area contributed by atoms with Gasteiger partial charge in [-0.25, -0.2) is 0 Å². The standard InChI is InChI=1S/C25H19N3O4/c1-2-14-26-22(29)20-13-8-15-27(25(20)32)21(17-9-4-3-5-10-17)16-28-23(30)18-11-6-7-12-19(18)24(28)31/h1,3-13,15,21H,14,16H2,(H,26,29)/t21-/m0/s1. The molecule has 1 aliphatic heterocycles. The molecule has 158 valence electrons. The first-order valence-electron chi connectivity index (χ1n) is 9.96. The molecule has 3 aromatic rings. The summed E-state index contributed by atoms with van der Waals surface area (Å²) in [5.41, 5.74) is 0.754. The Labute approximate surface area is 184 Å². The largest absolute Gasteiger partial charge is 0.341 e. The number of terminal acetylenes is 1. The van der Waals surface area contributed by atoms with Gasteiger partial charge in [-0.2, -0.15) is 0 Å². The molecule has 2 aromatic carbocycles. The lowest BCUT2D eigenvalue weighted by Crippen LogP contribution is -2.40. The Balaban J connectivity index is 1.75. The number of rotatable bonds is 6. The molecule has 4 rings (SSSR count). The molecule has 7 nitrogen and oxygen atoms in total. The van der Waals surface area contributed by atoms with Crippen molar-refractivity contribution in [1.82, 2.24) is 14.8 Å². The molecular formula is C25H19N3O4. The molecule has 0 fully saturated rings. The zero-order valence-electron chi connectivity index (χ0n) is 17.0. The Morgan fingerprint density at radius 1 is 0.906 bits per heavy atom. The van der Waals surface area contributed by atoms with E-state index < -0.39 is 29.3 Å². The van der Waals surface area contributed by atoms with Crippen molar-refractivity contribution in [3.8, 4) is 12.3 Å². The van der Waals surface area contributed by atoms with E-state index in [1.807, 2.05) is 6.07 Å². The van der Waals surface area contributed by atoms with Crippen LogP contribution in [0.3, 0.4) is 0 Å². The maximum absolute atomic E-state index is 13.2. The predicted molar refractivity (Wildman–Crippen MR) is 118 cm³/mol. The molecule has 1 N–H and O–H groups in total. The number of pyridine rings is 1. The SMILES string of the molecule is C#CCNC(=O)c1cccn([C@@H](CN2C(=O)c3ccccc3C2=O)c2ccccc2)c1=O. The third-order valence-electron chi connectivity index (χ3n) is 5.32. The molecule has 0 aliphatic carbocycles. The van der Waals surface area contributed by atoms with E-state index in [1.54, 1.807) is 54.6 Å². The number of hydrogen-bond acceptors (Lipinski definition) is 4. The normalized spacial score (nSPS) is 13.4. The quantitative estimate of drug-likeness (QED) is 0.484. The number of carbonyl (C=O) groups excluding carboxylic acids is 3. The number of imide groups is 1. The predicted octanol–water partition coefficient (Wildman–Crippen LogP) is 2.10. The maximum Gasteiger partial charge on any atom is 0.264 e. The Morgan fingerprint density at radius 3 is 2.16 bits per heavy atom. The van der Waals surface area contributed by atoms with Gasteiger partial charge < -0.3 is 9.88 Å². The second-order valence-electron chi connectivity index (χ2n) is 7.21. The lowest BCUT2D eigenvalue weighted by Gasteiger charge is -2.25. The average Bonchev–Trinajstić information content (AvgIpc) is 3.06. The summed E-state index contributed by atoms with van der Waals surface area (Å²) >= 11 is 0. The lowest BCUT2D eigenvalue weighted by molar-refractivity contribution is 0.0637. The smallest absolute Gasteiger partial charge is 0.264 e. The summed E-state index contributed by atoms with van der Waals surface area (Å²) < 4.78 is 1.36. The van der Waals surface area contributed by atoms with Crippen molar-refractivity contribution in [2.75, 3.05) is 13.1 Å². The number of nitrogens with one attached hydrogen (secondary N) is 1. The van der Waals surface area contributed by atoms with Crippen molar-refractivity contribution in [2.24, 2.45) is 0 Å². The van der Waals surface area contributed by atoms with Crippen LogP contribution in [-0.4, -0.2) is 40.3 Å². The fourth-order valence-corrected chi connectivity index (χ4v) is 3.76. The van der Waals surface area contributed by atoms with Crippen molar-refractivity contribution >= 4 is 17.7 Å². The number of amides is 3. The van der Waals surface area contributed by atoms with Crippen molar-refractivity contribution in [3.05, 3.63) is 106 Å². The topological polar surface area (TPSA) is 88.5 Å². The number of nitrogens with zero attached hydrogens (tertiary/aromatic N) is 2. The molecule has 0 radical (unpaired) electrons. The van der Waals surface area contributed by atoms with Crippen LogP contribution >= 0.6 is 0 Å². The molecule has 7 heteroatoms. The highest BCUT2D eigenvalue weighted by atomic mass is 16.2. The maximum atomic E-state index is 13.2. The van der Waals surface area contributed by atoms with Crippen LogP contribution in [0.2, 0.25) is 0 Å². The number of hydrogen-bond donors (Lipinski definition) is 1. The van der Waals surface area contributed by atoms with Crippen molar-refractivity contribution in [2.45, 2.75) is 6.04 Å². The fraction of sp³-hybridized carbons (Fsp3) is 0.120. The summed E-state index contributed by atoms with van der Waals surface area (Å²) in [5, 5.41) is 2.49. The molecular weight excluding hydrogens is 406 g/mol. The van der Waals surface area contributed by atoms with Crippen LogP contribution in [-0.2, 0) is 0 Å². The van der Waals surface area contributed by atoms with Gasteiger partial charge in [-0.15, -0.1) is 6.42 Å². The van der Waals surface area contributed by atoms with Gasteiger partial charge in [-0.1, -0.05) is 48.4 Å². The van der Waals surface area contributed by atoms with Crippen molar-refractivity contribution < 1.29 is 14.4 Å². The van der Waals surface area contributed by atoms with E-state index in [0.717, 1.165) is 4.90 Å². The zero-order chi connectivity index (χ0) is 22.7. The Morgan fingerprint density at radius 2 is 1.53 bits per heavy atom. The van der Waals surface area contributed by atoms with Gasteiger partial charge in [0.2, 0.25) is 0 Å². The van der Waals surface area contributed by atoms with E-state index in [-0.39, 0.29) is 18.7 Å². The van der Waals surface area contributed by atoms with E-state index in [1.165, 1.54) is 16.8 Å². The molecule has 0 bridgehead atoms. The Kier molecular flexibility index (Phi) is 5.69. The number of benzene rings is 2. The molecule has 32 heavy (non-hydrogen) atoms. The highest BCUT2D eigenvalue weighted by Crippen LogP contribution is 2.26. The molecule has 0 spiro atoms. The summed E-state index contributed by atoms with van der Waals surface area (Å²) in [5.74, 6) is 0.878. The summed E-state index contributed by atoms with van der Waals surface area (Å²) in [7, 11) is 0. The molecule has 0 saturated heterocycles. The third kappa shape index (κ3) is 3.70. The summed E-state index contributed by atoms with van der Waals surface area (Å²) in [6, 6.07) is 18.0. The molecule has 1 atom stereocenters. The van der Waals surface area contributed by atoms with E-state index >= 15 is 0 Å². The van der Waals surface area contributed by atoms with Gasteiger partial charge in [-0.3, -0.25) is 24.1 Å². The molecule has 0 saturated carbocycles. The van der Waals surface area contributed by atoms with Gasteiger partial charge in [0, 0.05) is 6.20 Å². The first-order valence-corrected chi connectivity index (χ1v) is 9.96. The van der Waals surface area contributed by atoms with Gasteiger partial charge in [0.25, 0.3) is 23.3 Å². The molecule has 2 heterocycles. The van der Waals surface area contributed by atoms with Crippen LogP contribution in [0.15, 0.2) is 77.7 Å². The van der Waals surface area contributed by atoms with Gasteiger partial charge in [-0.05, 0) is 29.8 Å². The van der Waals surface area contributed by atoms with Crippen molar-refractivity contribution in [1.29, 1.82) is 0 Å². The number of aromatic nitrogens is 1. The highest BCUT2D eigenvalue weighted by Gasteiger charge is 2.37. The van der Waals surface area contributed by atoms with Crippen LogP contribution in [0.5, 0.6) is 0 Å². The number of carbonyl (C=O) groups is 3. The van der Waals surface area contributed by atoms with E-state index in [9.17, 15) is 19.2 Å². The van der Waals surface area contributed by atoms with Crippen molar-refractivity contribution in [3.63, 3.8) is 0 Å². The van der Waals surface area contributed by atoms with E-state index in [2.05, 4.69) is 11.2 Å². The van der Waals surface area contributed by atoms with Crippen LogP contribution in [0, 0.1) is 12.3 Å². The monoisotopic (exact) mass is 425 g/mol. The average molecular weight is 425 g/mol. The lowest BCUT2D eigenvalue weighted by atomic mass is 10.1. The van der Waals surface area contributed by atoms with Gasteiger partial charge in [0.15, 0.2) is 0 Å². The second kappa shape index (κ2) is 8.74. The zero-order valence-corrected chi connectivity index (χ0v) is 17.0. The molecule has 0 unspecified atom stereocenters. The summed E-state index contributed by atoms with van der Waals surface area (Å²) in [4.78, 5) is 52.6. The Hall–Kier alpha value is -4.44. The second-order valence-corrected chi connectivity index (χ2v) is 7.21. The van der Waals surface area contributed by atoms with Crippen LogP contribution in [0.1, 0.15) is 42.7 Å². The molecule has 1 aliphatic rings. The summed E-state index contributed by atoms with van der Waals surface area (Å²) in [6.45, 7) is -0.0734. The Bertz CT molecular complexity index is 1270. The molecule has 3 amide bonds. The van der Waals surface area contributed by atoms with Crippen LogP contribution in [0.4, 0.5) is 0 Å². The minimum Gasteiger partial charge on any atom is -0.341 e. The van der Waals surface area contributed by atoms with Gasteiger partial charge in [0.1, 0.15) is 5.56 Å².